The van der Waals surface area contributed by atoms with E-state index in [9.17, 15) is 31.4 Å². The van der Waals surface area contributed by atoms with Crippen LogP contribution < -0.4 is 5.73 Å². The summed E-state index contributed by atoms with van der Waals surface area (Å²) in [7, 11) is 0. The van der Waals surface area contributed by atoms with Crippen molar-refractivity contribution in [3.05, 3.63) is 35.5 Å². The van der Waals surface area contributed by atoms with Crippen LogP contribution in [0.5, 0.6) is 0 Å². The first-order chi connectivity index (χ1) is 11.7. The number of aryl methyl sites for hydroxylation is 1. The molecule has 0 aliphatic heterocycles. The number of hydrogen-bond acceptors (Lipinski definition) is 3. The molecule has 1 aromatic carbocycles. The minimum atomic E-state index is -5.93. The van der Waals surface area contributed by atoms with E-state index in [2.05, 4.69) is 5.10 Å². The quantitative estimate of drug-likeness (QED) is 0.778. The van der Waals surface area contributed by atoms with Crippen molar-refractivity contribution in [3.63, 3.8) is 0 Å². The van der Waals surface area contributed by atoms with Gasteiger partial charge in [0.2, 0.25) is 0 Å². The van der Waals surface area contributed by atoms with Crippen molar-refractivity contribution in [2.45, 2.75) is 44.8 Å². The Balaban J connectivity index is 2.56. The number of benzene rings is 1. The SMILES string of the molecule is Cc1nn(C(C)C)c(N)c1-c1ccc(C(O)(C(F)(F)F)C(F)(F)F)cc1. The van der Waals surface area contributed by atoms with Gasteiger partial charge in [0, 0.05) is 17.2 Å². The molecular formula is C16H17F6N3O. The van der Waals surface area contributed by atoms with Gasteiger partial charge in [0.1, 0.15) is 5.82 Å². The molecule has 0 unspecified atom stereocenters. The second kappa shape index (κ2) is 6.19. The summed E-state index contributed by atoms with van der Waals surface area (Å²) in [6, 6.07) is 3.18. The van der Waals surface area contributed by atoms with Crippen molar-refractivity contribution in [2.75, 3.05) is 5.73 Å². The Morgan fingerprint density at radius 3 is 1.81 bits per heavy atom. The summed E-state index contributed by atoms with van der Waals surface area (Å²) in [5.41, 5.74) is 0.890. The number of halogens is 6. The zero-order valence-electron chi connectivity index (χ0n) is 14.1. The summed E-state index contributed by atoms with van der Waals surface area (Å²) >= 11 is 0. The van der Waals surface area contributed by atoms with Crippen LogP contribution in [0.15, 0.2) is 24.3 Å². The third-order valence-corrected chi connectivity index (χ3v) is 4.02. The fraction of sp³-hybridized carbons (Fsp3) is 0.438. The molecular weight excluding hydrogens is 364 g/mol. The number of alkyl halides is 6. The lowest BCUT2D eigenvalue weighted by Gasteiger charge is -2.32. The minimum Gasteiger partial charge on any atom is -0.383 e. The second-order valence-electron chi connectivity index (χ2n) is 6.17. The molecule has 3 N–H and O–H groups in total. The van der Waals surface area contributed by atoms with E-state index in [0.717, 1.165) is 12.1 Å². The Labute approximate surface area is 145 Å². The number of aromatic nitrogens is 2. The normalized spacial score (nSPS) is 13.5. The maximum Gasteiger partial charge on any atom is 0.430 e. The smallest absolute Gasteiger partial charge is 0.383 e. The molecule has 4 nitrogen and oxygen atoms in total. The van der Waals surface area contributed by atoms with Crippen molar-refractivity contribution in [3.8, 4) is 11.1 Å². The molecule has 0 aliphatic rings. The van der Waals surface area contributed by atoms with E-state index in [0.29, 0.717) is 29.0 Å². The molecule has 10 heteroatoms. The van der Waals surface area contributed by atoms with Crippen molar-refractivity contribution in [1.29, 1.82) is 0 Å². The van der Waals surface area contributed by atoms with E-state index in [4.69, 9.17) is 5.73 Å². The summed E-state index contributed by atoms with van der Waals surface area (Å²) in [4.78, 5) is 0. The first-order valence-corrected chi connectivity index (χ1v) is 7.53. The van der Waals surface area contributed by atoms with E-state index < -0.39 is 23.5 Å². The summed E-state index contributed by atoms with van der Waals surface area (Å²) in [5, 5.41) is 13.6. The topological polar surface area (TPSA) is 64.1 Å². The molecule has 1 heterocycles. The Morgan fingerprint density at radius 2 is 1.46 bits per heavy atom. The van der Waals surface area contributed by atoms with Gasteiger partial charge >= 0.3 is 12.4 Å². The van der Waals surface area contributed by atoms with Gasteiger partial charge in [0.25, 0.3) is 5.60 Å². The molecule has 2 rings (SSSR count). The van der Waals surface area contributed by atoms with Gasteiger partial charge in [-0.3, -0.25) is 0 Å². The number of rotatable bonds is 3. The zero-order valence-corrected chi connectivity index (χ0v) is 14.1. The monoisotopic (exact) mass is 381 g/mol. The molecule has 0 amide bonds. The van der Waals surface area contributed by atoms with Crippen LogP contribution in [-0.4, -0.2) is 27.2 Å². The highest BCUT2D eigenvalue weighted by atomic mass is 19.4. The van der Waals surface area contributed by atoms with Crippen LogP contribution in [0.25, 0.3) is 11.1 Å². The van der Waals surface area contributed by atoms with Gasteiger partial charge in [-0.25, -0.2) is 4.68 Å². The van der Waals surface area contributed by atoms with Crippen LogP contribution in [-0.2, 0) is 5.60 Å². The molecule has 0 atom stereocenters. The van der Waals surface area contributed by atoms with Crippen LogP contribution in [0.4, 0.5) is 32.2 Å². The van der Waals surface area contributed by atoms with Gasteiger partial charge in [-0.2, -0.15) is 31.4 Å². The summed E-state index contributed by atoms with van der Waals surface area (Å²) in [6.45, 7) is 5.27. The van der Waals surface area contributed by atoms with Gasteiger partial charge in [0.15, 0.2) is 0 Å². The average Bonchev–Trinajstić information content (AvgIpc) is 2.79. The van der Waals surface area contributed by atoms with Crippen molar-refractivity contribution >= 4 is 5.82 Å². The zero-order chi connectivity index (χ0) is 20.1. The molecule has 26 heavy (non-hydrogen) atoms. The van der Waals surface area contributed by atoms with E-state index in [1.54, 1.807) is 6.92 Å². The van der Waals surface area contributed by atoms with Crippen molar-refractivity contribution < 1.29 is 31.4 Å². The molecule has 0 saturated carbocycles. The number of nitrogens with zero attached hydrogens (tertiary/aromatic N) is 2. The lowest BCUT2D eigenvalue weighted by molar-refractivity contribution is -0.376. The van der Waals surface area contributed by atoms with Gasteiger partial charge in [-0.15, -0.1) is 0 Å². The maximum atomic E-state index is 12.9. The molecule has 1 aromatic heterocycles. The highest BCUT2D eigenvalue weighted by molar-refractivity contribution is 5.76. The fourth-order valence-electron chi connectivity index (χ4n) is 2.68. The molecule has 0 aliphatic carbocycles. The number of aliphatic hydroxyl groups is 1. The maximum absolute atomic E-state index is 12.9. The van der Waals surface area contributed by atoms with Crippen molar-refractivity contribution in [1.82, 2.24) is 9.78 Å². The highest BCUT2D eigenvalue weighted by Crippen LogP contribution is 2.50. The molecule has 2 aromatic rings. The predicted molar refractivity (Wildman–Crippen MR) is 83.2 cm³/mol. The van der Waals surface area contributed by atoms with Crippen molar-refractivity contribution in [2.24, 2.45) is 0 Å². The first-order valence-electron chi connectivity index (χ1n) is 7.53. The van der Waals surface area contributed by atoms with E-state index >= 15 is 0 Å². The average molecular weight is 381 g/mol. The van der Waals surface area contributed by atoms with Gasteiger partial charge in [0.05, 0.1) is 5.69 Å². The highest BCUT2D eigenvalue weighted by Gasteiger charge is 2.71. The molecule has 0 spiro atoms. The summed E-state index contributed by atoms with van der Waals surface area (Å²) < 4.78 is 79.1. The number of anilines is 1. The molecule has 0 saturated heterocycles. The lowest BCUT2D eigenvalue weighted by atomic mass is 9.90. The number of hydrogen-bond donors (Lipinski definition) is 2. The molecule has 144 valence electrons. The fourth-order valence-corrected chi connectivity index (χ4v) is 2.68. The van der Waals surface area contributed by atoms with Crippen LogP contribution in [0.1, 0.15) is 31.1 Å². The summed E-state index contributed by atoms with van der Waals surface area (Å²) in [5.74, 6) is 0.243. The minimum absolute atomic E-state index is 0.0812. The lowest BCUT2D eigenvalue weighted by Crippen LogP contribution is -2.53. The van der Waals surface area contributed by atoms with Gasteiger partial charge in [-0.05, 0) is 26.3 Å². The predicted octanol–water partition coefficient (Wildman–Crippen LogP) is 4.33. The third-order valence-electron chi connectivity index (χ3n) is 4.02. The second-order valence-corrected chi connectivity index (χ2v) is 6.17. The third kappa shape index (κ3) is 3.02. The van der Waals surface area contributed by atoms with E-state index in [1.807, 2.05) is 13.8 Å². The molecule has 0 radical (unpaired) electrons. The van der Waals surface area contributed by atoms with Crippen LogP contribution in [0.3, 0.4) is 0 Å². The Morgan fingerprint density at radius 1 is 1.00 bits per heavy atom. The van der Waals surface area contributed by atoms with Crippen LogP contribution >= 0.6 is 0 Å². The molecule has 0 fully saturated rings. The Bertz CT molecular complexity index is 776. The summed E-state index contributed by atoms with van der Waals surface area (Å²) in [6.07, 6.45) is -11.9. The Hall–Kier alpha value is -2.23. The van der Waals surface area contributed by atoms with E-state index in [1.165, 1.54) is 4.68 Å². The molecule has 0 bridgehead atoms. The van der Waals surface area contributed by atoms with Crippen LogP contribution in [0.2, 0.25) is 0 Å². The van der Waals surface area contributed by atoms with Crippen LogP contribution in [0, 0.1) is 6.92 Å². The Kier molecular flexibility index (Phi) is 4.78. The number of nitrogen functional groups attached to an aromatic ring is 1. The van der Waals surface area contributed by atoms with E-state index in [-0.39, 0.29) is 11.9 Å². The number of nitrogens with two attached hydrogens (primary N) is 1. The first kappa shape index (κ1) is 20.1. The van der Waals surface area contributed by atoms with Gasteiger partial charge in [-0.1, -0.05) is 24.3 Å². The largest absolute Gasteiger partial charge is 0.430 e. The van der Waals surface area contributed by atoms with Gasteiger partial charge < -0.3 is 10.8 Å². The standard InChI is InChI=1S/C16H17F6N3O/c1-8(2)25-13(23)12(9(3)24-25)10-4-6-11(7-5-10)14(26,15(17,18)19)16(20,21)22/h4-8,26H,23H2,1-3H3.